The summed E-state index contributed by atoms with van der Waals surface area (Å²) in [6.45, 7) is 0.852. The van der Waals surface area contributed by atoms with Gasteiger partial charge in [-0.25, -0.2) is 4.98 Å². The molecule has 1 aromatic heterocycles. The summed E-state index contributed by atoms with van der Waals surface area (Å²) in [5, 5.41) is 0. The average Bonchev–Trinajstić information content (AvgIpc) is 2.77. The van der Waals surface area contributed by atoms with E-state index in [2.05, 4.69) is 33.0 Å². The van der Waals surface area contributed by atoms with Crippen LogP contribution in [-0.2, 0) is 24.2 Å². The first-order valence-corrected chi connectivity index (χ1v) is 6.27. The predicted octanol–water partition coefficient (Wildman–Crippen LogP) is 2.63. The van der Waals surface area contributed by atoms with Gasteiger partial charge in [0, 0.05) is 23.4 Å². The molecule has 4 heteroatoms. The molecule has 2 rings (SSSR count). The van der Waals surface area contributed by atoms with Crippen LogP contribution in [0.1, 0.15) is 11.4 Å². The van der Waals surface area contributed by atoms with Crippen molar-refractivity contribution in [3.63, 3.8) is 0 Å². The standard InChI is InChI=1S/C13H13BrN2O/c14-12-3-1-11(2-4-12)5-8-16-9-7-15-13(16)6-10-17/h1-4,7,9-10H,5-6,8H2. The third kappa shape index (κ3) is 3.27. The average molecular weight is 293 g/mol. The van der Waals surface area contributed by atoms with E-state index in [1.54, 1.807) is 6.20 Å². The van der Waals surface area contributed by atoms with Crippen LogP contribution < -0.4 is 0 Å². The molecule has 0 spiro atoms. The number of hydrogen-bond donors (Lipinski definition) is 0. The van der Waals surface area contributed by atoms with Crippen molar-refractivity contribution in [3.05, 3.63) is 52.5 Å². The van der Waals surface area contributed by atoms with Gasteiger partial charge < -0.3 is 9.36 Å². The molecule has 0 aliphatic heterocycles. The Labute approximate surface area is 109 Å². The third-order valence-corrected chi connectivity index (χ3v) is 3.15. The Hall–Kier alpha value is -1.42. The molecular formula is C13H13BrN2O. The van der Waals surface area contributed by atoms with Gasteiger partial charge in [-0.05, 0) is 24.1 Å². The molecule has 17 heavy (non-hydrogen) atoms. The minimum absolute atomic E-state index is 0.382. The molecule has 1 heterocycles. The minimum Gasteiger partial charge on any atom is -0.334 e. The van der Waals surface area contributed by atoms with Crippen LogP contribution in [0.2, 0.25) is 0 Å². The van der Waals surface area contributed by atoms with E-state index in [1.807, 2.05) is 22.9 Å². The van der Waals surface area contributed by atoms with Crippen LogP contribution in [0.15, 0.2) is 41.1 Å². The van der Waals surface area contributed by atoms with E-state index in [1.165, 1.54) is 5.56 Å². The van der Waals surface area contributed by atoms with Crippen molar-refractivity contribution in [2.75, 3.05) is 0 Å². The number of hydrogen-bond acceptors (Lipinski definition) is 2. The molecule has 2 aromatic rings. The fourth-order valence-electron chi connectivity index (χ4n) is 1.71. The molecule has 1 aromatic carbocycles. The number of imidazole rings is 1. The Morgan fingerprint density at radius 1 is 1.29 bits per heavy atom. The van der Waals surface area contributed by atoms with Crippen LogP contribution >= 0.6 is 15.9 Å². The fourth-order valence-corrected chi connectivity index (χ4v) is 1.97. The van der Waals surface area contributed by atoms with Gasteiger partial charge in [-0.15, -0.1) is 0 Å². The lowest BCUT2D eigenvalue weighted by Gasteiger charge is -2.06. The van der Waals surface area contributed by atoms with Crippen molar-refractivity contribution in [3.8, 4) is 0 Å². The van der Waals surface area contributed by atoms with Gasteiger partial charge in [0.15, 0.2) is 0 Å². The highest BCUT2D eigenvalue weighted by Gasteiger charge is 2.02. The Balaban J connectivity index is 1.99. The fraction of sp³-hybridized carbons (Fsp3) is 0.231. The molecule has 0 amide bonds. The summed E-state index contributed by atoms with van der Waals surface area (Å²) >= 11 is 3.41. The lowest BCUT2D eigenvalue weighted by molar-refractivity contribution is -0.107. The van der Waals surface area contributed by atoms with E-state index < -0.39 is 0 Å². The molecule has 88 valence electrons. The number of carbonyl (C=O) groups excluding carboxylic acids is 1. The van der Waals surface area contributed by atoms with E-state index in [9.17, 15) is 4.79 Å². The topological polar surface area (TPSA) is 34.9 Å². The third-order valence-electron chi connectivity index (χ3n) is 2.62. The molecule has 0 saturated heterocycles. The van der Waals surface area contributed by atoms with Crippen LogP contribution in [0.5, 0.6) is 0 Å². The monoisotopic (exact) mass is 292 g/mol. The SMILES string of the molecule is O=CCc1nccn1CCc1ccc(Br)cc1. The van der Waals surface area contributed by atoms with Crippen LogP contribution in [0.25, 0.3) is 0 Å². The molecule has 0 fully saturated rings. The summed E-state index contributed by atoms with van der Waals surface area (Å²) in [7, 11) is 0. The molecule has 3 nitrogen and oxygen atoms in total. The second kappa shape index (κ2) is 5.77. The molecule has 0 aliphatic carbocycles. The van der Waals surface area contributed by atoms with E-state index in [0.717, 1.165) is 29.5 Å². The van der Waals surface area contributed by atoms with Crippen LogP contribution in [0, 0.1) is 0 Å². The summed E-state index contributed by atoms with van der Waals surface area (Å²) in [6.07, 6.45) is 5.86. The van der Waals surface area contributed by atoms with Crippen molar-refractivity contribution in [2.45, 2.75) is 19.4 Å². The van der Waals surface area contributed by atoms with Crippen LogP contribution in [0.3, 0.4) is 0 Å². The first-order chi connectivity index (χ1) is 8.29. The first kappa shape index (κ1) is 12.0. The normalized spacial score (nSPS) is 10.4. The highest BCUT2D eigenvalue weighted by Crippen LogP contribution is 2.11. The molecule has 0 aliphatic rings. The number of carbonyl (C=O) groups is 1. The smallest absolute Gasteiger partial charge is 0.127 e. The zero-order chi connectivity index (χ0) is 12.1. The zero-order valence-electron chi connectivity index (χ0n) is 9.34. The molecule has 0 radical (unpaired) electrons. The number of halogens is 1. The summed E-state index contributed by atoms with van der Waals surface area (Å²) in [4.78, 5) is 14.6. The maximum Gasteiger partial charge on any atom is 0.127 e. The summed E-state index contributed by atoms with van der Waals surface area (Å²) < 4.78 is 3.11. The maximum atomic E-state index is 10.5. The van der Waals surface area contributed by atoms with Gasteiger partial charge >= 0.3 is 0 Å². The number of aryl methyl sites for hydroxylation is 2. The molecule has 0 atom stereocenters. The molecule has 0 N–H and O–H groups in total. The number of aromatic nitrogens is 2. The highest BCUT2D eigenvalue weighted by molar-refractivity contribution is 9.10. The van der Waals surface area contributed by atoms with Gasteiger partial charge in [0.1, 0.15) is 12.1 Å². The van der Waals surface area contributed by atoms with Crippen molar-refractivity contribution in [1.82, 2.24) is 9.55 Å². The Morgan fingerprint density at radius 3 is 2.76 bits per heavy atom. The first-order valence-electron chi connectivity index (χ1n) is 5.47. The molecular weight excluding hydrogens is 280 g/mol. The van der Waals surface area contributed by atoms with Gasteiger partial charge in [-0.2, -0.15) is 0 Å². The van der Waals surface area contributed by atoms with Crippen molar-refractivity contribution < 1.29 is 4.79 Å². The number of nitrogens with zero attached hydrogens (tertiary/aromatic N) is 2. The lowest BCUT2D eigenvalue weighted by atomic mass is 10.1. The Morgan fingerprint density at radius 2 is 2.06 bits per heavy atom. The molecule has 0 bridgehead atoms. The van der Waals surface area contributed by atoms with Crippen molar-refractivity contribution >= 4 is 22.2 Å². The minimum atomic E-state index is 0.382. The van der Waals surface area contributed by atoms with Gasteiger partial charge in [-0.3, -0.25) is 0 Å². The van der Waals surface area contributed by atoms with Crippen LogP contribution in [0.4, 0.5) is 0 Å². The summed E-state index contributed by atoms with van der Waals surface area (Å²) in [6, 6.07) is 8.27. The summed E-state index contributed by atoms with van der Waals surface area (Å²) in [5.74, 6) is 0.831. The lowest BCUT2D eigenvalue weighted by Crippen LogP contribution is -2.06. The number of rotatable bonds is 5. The highest BCUT2D eigenvalue weighted by atomic mass is 79.9. The Kier molecular flexibility index (Phi) is 4.09. The van der Waals surface area contributed by atoms with E-state index in [-0.39, 0.29) is 0 Å². The largest absolute Gasteiger partial charge is 0.334 e. The van der Waals surface area contributed by atoms with Gasteiger partial charge in [0.05, 0.1) is 6.42 Å². The van der Waals surface area contributed by atoms with E-state index >= 15 is 0 Å². The van der Waals surface area contributed by atoms with Crippen LogP contribution in [-0.4, -0.2) is 15.8 Å². The van der Waals surface area contributed by atoms with Gasteiger partial charge in [0.2, 0.25) is 0 Å². The molecule has 0 unspecified atom stereocenters. The number of aldehydes is 1. The Bertz CT molecular complexity index is 490. The quantitative estimate of drug-likeness (QED) is 0.794. The zero-order valence-corrected chi connectivity index (χ0v) is 10.9. The number of benzene rings is 1. The van der Waals surface area contributed by atoms with Crippen molar-refractivity contribution in [1.29, 1.82) is 0 Å². The summed E-state index contributed by atoms with van der Waals surface area (Å²) in [5.41, 5.74) is 1.28. The van der Waals surface area contributed by atoms with Crippen molar-refractivity contribution in [2.24, 2.45) is 0 Å². The van der Waals surface area contributed by atoms with Gasteiger partial charge in [0.25, 0.3) is 0 Å². The second-order valence-corrected chi connectivity index (χ2v) is 4.70. The van der Waals surface area contributed by atoms with E-state index in [0.29, 0.717) is 6.42 Å². The maximum absolute atomic E-state index is 10.5. The predicted molar refractivity (Wildman–Crippen MR) is 69.8 cm³/mol. The second-order valence-electron chi connectivity index (χ2n) is 3.78. The van der Waals surface area contributed by atoms with Gasteiger partial charge in [-0.1, -0.05) is 28.1 Å². The molecule has 0 saturated carbocycles. The van der Waals surface area contributed by atoms with E-state index in [4.69, 9.17) is 0 Å².